The number of thiol groups is 1. The van der Waals surface area contributed by atoms with Crippen LogP contribution in [-0.4, -0.2) is 87.4 Å². The number of nitrogens with two attached hydrogens (primary N) is 2. The molecule has 0 bridgehead atoms. The number of nitrogens with one attached hydrogen (secondary N) is 3. The lowest BCUT2D eigenvalue weighted by molar-refractivity contribution is -0.143. The number of carbonyl (C=O) groups excluding carboxylic acids is 4. The number of hydrogen-bond donors (Lipinski definition) is 9. The topological polar surface area (TPSA) is 251 Å². The molecule has 4 atom stereocenters. The third-order valence-electron chi connectivity index (χ3n) is 3.92. The molecule has 0 aromatic heterocycles. The molecule has 0 aromatic rings. The minimum atomic E-state index is -1.51. The molecule has 176 valence electrons. The van der Waals surface area contributed by atoms with Crippen LogP contribution in [0.2, 0.25) is 0 Å². The minimum Gasteiger partial charge on any atom is -0.481 e. The van der Waals surface area contributed by atoms with E-state index >= 15 is 0 Å². The molecule has 0 aliphatic rings. The summed E-state index contributed by atoms with van der Waals surface area (Å²) in [6, 6.07) is -5.56. The number of amides is 4. The molecule has 0 spiro atoms. The van der Waals surface area contributed by atoms with Crippen LogP contribution in [0.5, 0.6) is 0 Å². The zero-order valence-electron chi connectivity index (χ0n) is 16.4. The lowest BCUT2D eigenvalue weighted by Crippen LogP contribution is -2.58. The Bertz CT molecular complexity index is 690. The van der Waals surface area contributed by atoms with Gasteiger partial charge in [0.25, 0.3) is 0 Å². The molecule has 0 aliphatic carbocycles. The van der Waals surface area contributed by atoms with Crippen molar-refractivity contribution in [3.63, 3.8) is 0 Å². The summed E-state index contributed by atoms with van der Waals surface area (Å²) in [6.07, 6.45) is -1.57. The van der Waals surface area contributed by atoms with Gasteiger partial charge in [-0.15, -0.1) is 0 Å². The van der Waals surface area contributed by atoms with Crippen molar-refractivity contribution < 1.29 is 44.1 Å². The molecule has 0 saturated heterocycles. The number of hydrogen-bond acceptors (Lipinski definition) is 9. The van der Waals surface area contributed by atoms with Crippen LogP contribution in [0.15, 0.2) is 0 Å². The number of carbonyl (C=O) groups is 6. The normalized spacial score (nSPS) is 14.4. The number of aliphatic carboxylic acids is 2. The second-order valence-corrected chi connectivity index (χ2v) is 6.80. The second kappa shape index (κ2) is 14.2. The van der Waals surface area contributed by atoms with Crippen molar-refractivity contribution in [1.82, 2.24) is 16.0 Å². The van der Waals surface area contributed by atoms with Crippen molar-refractivity contribution >= 4 is 48.2 Å². The summed E-state index contributed by atoms with van der Waals surface area (Å²) < 4.78 is 0. The van der Waals surface area contributed by atoms with E-state index in [0.717, 1.165) is 0 Å². The SMILES string of the molecule is NC(=O)CCC(NC(=O)C(CCC(=O)O)NC(=O)C(CS)NC(=O)C(N)CO)C(=O)O. The number of primary amides is 1. The predicted octanol–water partition coefficient (Wildman–Crippen LogP) is -4.09. The Balaban J connectivity index is 5.33. The summed E-state index contributed by atoms with van der Waals surface area (Å²) in [6.45, 7) is -0.682. The average molecular weight is 465 g/mol. The molecule has 4 unspecified atom stereocenters. The highest BCUT2D eigenvalue weighted by atomic mass is 32.1. The summed E-state index contributed by atoms with van der Waals surface area (Å²) >= 11 is 3.92. The Morgan fingerprint density at radius 3 is 1.74 bits per heavy atom. The van der Waals surface area contributed by atoms with Gasteiger partial charge in [-0.3, -0.25) is 24.0 Å². The number of aliphatic hydroxyl groups is 1. The Morgan fingerprint density at radius 2 is 1.29 bits per heavy atom. The minimum absolute atomic E-state index is 0.223. The fraction of sp³-hybridized carbons (Fsp3) is 0.625. The summed E-state index contributed by atoms with van der Waals surface area (Å²) in [5, 5.41) is 33.5. The number of carboxylic acid groups (broad SMARTS) is 2. The van der Waals surface area contributed by atoms with Gasteiger partial charge in [-0.2, -0.15) is 12.6 Å². The van der Waals surface area contributed by atoms with Gasteiger partial charge in [0.1, 0.15) is 24.2 Å². The van der Waals surface area contributed by atoms with E-state index in [1.54, 1.807) is 0 Å². The van der Waals surface area contributed by atoms with E-state index in [0.29, 0.717) is 0 Å². The van der Waals surface area contributed by atoms with Gasteiger partial charge in [0.15, 0.2) is 0 Å². The summed E-state index contributed by atoms with van der Waals surface area (Å²) in [5.41, 5.74) is 10.3. The molecule has 0 aliphatic heterocycles. The molecule has 0 fully saturated rings. The summed E-state index contributed by atoms with van der Waals surface area (Å²) in [4.78, 5) is 69.7. The molecular weight excluding hydrogens is 438 g/mol. The maximum Gasteiger partial charge on any atom is 0.326 e. The Hall–Kier alpha value is -2.91. The van der Waals surface area contributed by atoms with Crippen LogP contribution in [-0.2, 0) is 28.8 Å². The molecular formula is C16H27N5O9S. The predicted molar refractivity (Wildman–Crippen MR) is 108 cm³/mol. The molecule has 31 heavy (non-hydrogen) atoms. The Labute approximate surface area is 182 Å². The van der Waals surface area contributed by atoms with Crippen molar-refractivity contribution in [2.75, 3.05) is 12.4 Å². The fourth-order valence-electron chi connectivity index (χ4n) is 2.18. The van der Waals surface area contributed by atoms with Crippen LogP contribution < -0.4 is 27.4 Å². The highest BCUT2D eigenvalue weighted by Crippen LogP contribution is 2.04. The largest absolute Gasteiger partial charge is 0.481 e. The highest BCUT2D eigenvalue weighted by Gasteiger charge is 2.30. The highest BCUT2D eigenvalue weighted by molar-refractivity contribution is 7.80. The smallest absolute Gasteiger partial charge is 0.326 e. The first-order chi connectivity index (χ1) is 14.4. The number of carboxylic acids is 2. The van der Waals surface area contributed by atoms with Gasteiger partial charge < -0.3 is 42.7 Å². The van der Waals surface area contributed by atoms with E-state index in [9.17, 15) is 33.9 Å². The van der Waals surface area contributed by atoms with Crippen LogP contribution in [0.25, 0.3) is 0 Å². The van der Waals surface area contributed by atoms with E-state index in [4.69, 9.17) is 21.7 Å². The van der Waals surface area contributed by atoms with Crippen LogP contribution in [0.1, 0.15) is 25.7 Å². The molecule has 14 nitrogen and oxygen atoms in total. The van der Waals surface area contributed by atoms with Gasteiger partial charge >= 0.3 is 11.9 Å². The van der Waals surface area contributed by atoms with Crippen molar-refractivity contribution in [3.8, 4) is 0 Å². The van der Waals surface area contributed by atoms with Gasteiger partial charge in [-0.25, -0.2) is 4.79 Å². The third kappa shape index (κ3) is 11.2. The standard InChI is InChI=1S/C16H27N5O9S/c17-7(5-22)13(26)21-10(6-31)15(28)19-8(2-4-12(24)25)14(27)20-9(16(29)30)1-3-11(18)23/h7-10,22,31H,1-6,17H2,(H2,18,23)(H,19,28)(H,20,27)(H,21,26)(H,24,25)(H,29,30). The van der Waals surface area contributed by atoms with Crippen molar-refractivity contribution in [1.29, 1.82) is 0 Å². The molecule has 15 heteroatoms. The molecule has 0 heterocycles. The van der Waals surface area contributed by atoms with E-state index in [2.05, 4.69) is 28.6 Å². The van der Waals surface area contributed by atoms with Gasteiger partial charge in [0.05, 0.1) is 6.61 Å². The van der Waals surface area contributed by atoms with Crippen LogP contribution in [0.4, 0.5) is 0 Å². The first-order valence-corrected chi connectivity index (χ1v) is 9.67. The zero-order valence-corrected chi connectivity index (χ0v) is 17.3. The Kier molecular flexibility index (Phi) is 12.8. The van der Waals surface area contributed by atoms with Crippen molar-refractivity contribution in [2.45, 2.75) is 49.9 Å². The summed E-state index contributed by atoms with van der Waals surface area (Å²) in [5.74, 6) is -6.53. The van der Waals surface area contributed by atoms with Crippen LogP contribution in [0.3, 0.4) is 0 Å². The third-order valence-corrected chi connectivity index (χ3v) is 4.29. The average Bonchev–Trinajstić information content (AvgIpc) is 2.70. The molecule has 0 aromatic carbocycles. The van der Waals surface area contributed by atoms with Crippen molar-refractivity contribution in [2.24, 2.45) is 11.5 Å². The Morgan fingerprint density at radius 1 is 0.806 bits per heavy atom. The van der Waals surface area contributed by atoms with E-state index in [1.807, 2.05) is 0 Å². The van der Waals surface area contributed by atoms with Gasteiger partial charge in [0, 0.05) is 18.6 Å². The molecule has 0 saturated carbocycles. The number of rotatable bonds is 15. The van der Waals surface area contributed by atoms with Gasteiger partial charge in [-0.1, -0.05) is 0 Å². The van der Waals surface area contributed by atoms with Crippen LogP contribution in [0, 0.1) is 0 Å². The lowest BCUT2D eigenvalue weighted by Gasteiger charge is -2.24. The fourth-order valence-corrected chi connectivity index (χ4v) is 2.44. The molecule has 10 N–H and O–H groups in total. The second-order valence-electron chi connectivity index (χ2n) is 6.43. The summed E-state index contributed by atoms with van der Waals surface area (Å²) in [7, 11) is 0. The molecule has 0 rings (SSSR count). The first kappa shape index (κ1) is 28.1. The molecule has 0 radical (unpaired) electrons. The number of aliphatic hydroxyl groups excluding tert-OH is 1. The van der Waals surface area contributed by atoms with Gasteiger partial charge in [-0.05, 0) is 12.8 Å². The van der Waals surface area contributed by atoms with E-state index in [1.165, 1.54) is 0 Å². The first-order valence-electron chi connectivity index (χ1n) is 9.04. The maximum atomic E-state index is 12.5. The van der Waals surface area contributed by atoms with Crippen LogP contribution >= 0.6 is 12.6 Å². The monoisotopic (exact) mass is 465 g/mol. The maximum absolute atomic E-state index is 12.5. The van der Waals surface area contributed by atoms with Crippen molar-refractivity contribution in [3.05, 3.63) is 0 Å². The van der Waals surface area contributed by atoms with E-state index in [-0.39, 0.29) is 18.6 Å². The lowest BCUT2D eigenvalue weighted by atomic mass is 10.1. The van der Waals surface area contributed by atoms with E-state index < -0.39 is 79.2 Å². The van der Waals surface area contributed by atoms with Gasteiger partial charge in [0.2, 0.25) is 23.6 Å². The molecule has 4 amide bonds. The zero-order chi connectivity index (χ0) is 24.1. The quantitative estimate of drug-likeness (QED) is 0.106.